The van der Waals surface area contributed by atoms with Crippen molar-refractivity contribution < 1.29 is 21.6 Å². The molecule has 1 aromatic carbocycles. The second kappa shape index (κ2) is 3.92. The summed E-state index contributed by atoms with van der Waals surface area (Å²) in [5.74, 6) is 0. The van der Waals surface area contributed by atoms with Crippen LogP contribution in [0.5, 0.6) is 0 Å². The Morgan fingerprint density at radius 2 is 1.75 bits per heavy atom. The fraction of sp³-hybridized carbons (Fsp3) is 0.333. The zero-order chi connectivity index (χ0) is 12.7. The number of halogens is 4. The Morgan fingerprint density at radius 1 is 1.25 bits per heavy atom. The summed E-state index contributed by atoms with van der Waals surface area (Å²) in [4.78, 5) is -0.396. The van der Waals surface area contributed by atoms with Gasteiger partial charge in [-0.1, -0.05) is 11.6 Å². The number of sulfone groups is 1. The first-order valence-electron chi connectivity index (χ1n) is 4.11. The summed E-state index contributed by atoms with van der Waals surface area (Å²) in [6.07, 6.45) is -3.78. The van der Waals surface area contributed by atoms with E-state index in [1.165, 1.54) is 6.92 Å². The molecule has 0 aliphatic carbocycles. The predicted molar refractivity (Wildman–Crippen MR) is 54.3 cm³/mol. The van der Waals surface area contributed by atoms with Crippen LogP contribution >= 0.6 is 11.6 Å². The summed E-state index contributed by atoms with van der Waals surface area (Å²) >= 11 is 5.57. The van der Waals surface area contributed by atoms with Gasteiger partial charge in [-0.05, 0) is 24.6 Å². The van der Waals surface area contributed by atoms with Crippen LogP contribution in [0.2, 0.25) is 5.02 Å². The van der Waals surface area contributed by atoms with Gasteiger partial charge >= 0.3 is 6.18 Å². The van der Waals surface area contributed by atoms with Crippen LogP contribution in [-0.4, -0.2) is 14.7 Å². The summed E-state index contributed by atoms with van der Waals surface area (Å²) in [7, 11) is -3.72. The number of hydrogen-bond acceptors (Lipinski definition) is 2. The maximum absolute atomic E-state index is 12.4. The second-order valence-electron chi connectivity index (χ2n) is 3.35. The van der Waals surface area contributed by atoms with Crippen molar-refractivity contribution in [1.82, 2.24) is 0 Å². The summed E-state index contributed by atoms with van der Waals surface area (Å²) in [5.41, 5.74) is -0.944. The van der Waals surface area contributed by atoms with E-state index >= 15 is 0 Å². The molecule has 0 unspecified atom stereocenters. The maximum Gasteiger partial charge on any atom is 0.416 e. The maximum atomic E-state index is 12.4. The van der Waals surface area contributed by atoms with E-state index in [2.05, 4.69) is 0 Å². The Bertz CT molecular complexity index is 520. The lowest BCUT2D eigenvalue weighted by molar-refractivity contribution is -0.137. The largest absolute Gasteiger partial charge is 0.416 e. The standard InChI is InChI=1S/C9H8ClF3O2S/c1-5-7(10)3-6(9(11,12)13)4-8(5)16(2,14)15/h3-4H,1-2H3. The first kappa shape index (κ1) is 13.3. The van der Waals surface area contributed by atoms with Crippen LogP contribution in [0.4, 0.5) is 13.2 Å². The molecule has 0 heterocycles. The van der Waals surface area contributed by atoms with Crippen LogP contribution in [0, 0.1) is 6.92 Å². The number of hydrogen-bond donors (Lipinski definition) is 0. The second-order valence-corrected chi connectivity index (χ2v) is 5.74. The molecule has 0 fully saturated rings. The van der Waals surface area contributed by atoms with Crippen LogP contribution in [0.3, 0.4) is 0 Å². The van der Waals surface area contributed by atoms with E-state index in [1.54, 1.807) is 0 Å². The van der Waals surface area contributed by atoms with Gasteiger partial charge in [0.25, 0.3) is 0 Å². The third-order valence-electron chi connectivity index (χ3n) is 2.02. The predicted octanol–water partition coefficient (Wildman–Crippen LogP) is 3.07. The molecule has 0 radical (unpaired) electrons. The summed E-state index contributed by atoms with van der Waals surface area (Å²) in [5, 5.41) is -0.213. The molecule has 2 nitrogen and oxygen atoms in total. The molecule has 0 saturated carbocycles. The molecule has 0 saturated heterocycles. The van der Waals surface area contributed by atoms with E-state index in [-0.39, 0.29) is 10.6 Å². The lowest BCUT2D eigenvalue weighted by Gasteiger charge is -2.11. The highest BCUT2D eigenvalue weighted by Crippen LogP contribution is 2.35. The quantitative estimate of drug-likeness (QED) is 0.787. The van der Waals surface area contributed by atoms with Crippen LogP contribution in [-0.2, 0) is 16.0 Å². The van der Waals surface area contributed by atoms with Gasteiger partial charge in [-0.2, -0.15) is 13.2 Å². The molecular formula is C9H8ClF3O2S. The highest BCUT2D eigenvalue weighted by atomic mass is 35.5. The van der Waals surface area contributed by atoms with Gasteiger partial charge in [-0.25, -0.2) is 8.42 Å². The third-order valence-corrected chi connectivity index (χ3v) is 3.64. The molecule has 0 aromatic heterocycles. The highest BCUT2D eigenvalue weighted by Gasteiger charge is 2.32. The van der Waals surface area contributed by atoms with Crippen LogP contribution in [0.1, 0.15) is 11.1 Å². The van der Waals surface area contributed by atoms with Crippen molar-refractivity contribution in [1.29, 1.82) is 0 Å². The van der Waals surface area contributed by atoms with Crippen molar-refractivity contribution >= 4 is 21.4 Å². The fourth-order valence-electron chi connectivity index (χ4n) is 1.20. The van der Waals surface area contributed by atoms with Crippen molar-refractivity contribution in [2.75, 3.05) is 6.26 Å². The van der Waals surface area contributed by atoms with Gasteiger partial charge in [0.05, 0.1) is 10.5 Å². The van der Waals surface area contributed by atoms with Gasteiger partial charge in [0, 0.05) is 11.3 Å². The van der Waals surface area contributed by atoms with Crippen molar-refractivity contribution in [3.05, 3.63) is 28.3 Å². The minimum Gasteiger partial charge on any atom is -0.224 e. The molecular weight excluding hydrogens is 265 g/mol. The minimum absolute atomic E-state index is 0.122. The average molecular weight is 273 g/mol. The van der Waals surface area contributed by atoms with E-state index in [4.69, 9.17) is 11.6 Å². The van der Waals surface area contributed by atoms with Gasteiger partial charge in [-0.3, -0.25) is 0 Å². The Morgan fingerprint density at radius 3 is 2.12 bits per heavy atom. The van der Waals surface area contributed by atoms with Gasteiger partial charge in [0.15, 0.2) is 9.84 Å². The van der Waals surface area contributed by atoms with Crippen LogP contribution < -0.4 is 0 Å². The van der Waals surface area contributed by atoms with E-state index in [1.807, 2.05) is 0 Å². The minimum atomic E-state index is -4.61. The van der Waals surface area contributed by atoms with Crippen molar-refractivity contribution in [2.24, 2.45) is 0 Å². The Kier molecular flexibility index (Phi) is 3.27. The summed E-state index contributed by atoms with van der Waals surface area (Å²) in [6, 6.07) is 1.31. The zero-order valence-corrected chi connectivity index (χ0v) is 9.96. The normalized spacial score (nSPS) is 12.9. The first-order chi connectivity index (χ1) is 7.03. The molecule has 7 heteroatoms. The van der Waals surface area contributed by atoms with Gasteiger partial charge in [0.2, 0.25) is 0 Å². The number of benzene rings is 1. The zero-order valence-electron chi connectivity index (χ0n) is 8.39. The van der Waals surface area contributed by atoms with E-state index in [0.717, 1.165) is 6.26 Å². The van der Waals surface area contributed by atoms with Crippen molar-refractivity contribution in [2.45, 2.75) is 18.0 Å². The first-order valence-corrected chi connectivity index (χ1v) is 6.38. The molecule has 0 aliphatic rings. The molecule has 1 rings (SSSR count). The van der Waals surface area contributed by atoms with E-state index in [0.29, 0.717) is 12.1 Å². The molecule has 1 aromatic rings. The molecule has 16 heavy (non-hydrogen) atoms. The van der Waals surface area contributed by atoms with Crippen molar-refractivity contribution in [3.63, 3.8) is 0 Å². The molecule has 90 valence electrons. The summed E-state index contributed by atoms with van der Waals surface area (Å²) in [6.45, 7) is 1.36. The molecule has 0 aliphatic heterocycles. The Hall–Kier alpha value is -0.750. The van der Waals surface area contributed by atoms with E-state index < -0.39 is 26.5 Å². The summed E-state index contributed by atoms with van der Waals surface area (Å²) < 4.78 is 59.8. The van der Waals surface area contributed by atoms with Crippen molar-refractivity contribution in [3.8, 4) is 0 Å². The molecule has 0 bridgehead atoms. The molecule has 0 N–H and O–H groups in total. The average Bonchev–Trinajstić information content (AvgIpc) is 2.05. The molecule has 0 atom stereocenters. The number of alkyl halides is 3. The SMILES string of the molecule is Cc1c(Cl)cc(C(F)(F)F)cc1S(C)(=O)=O. The van der Waals surface area contributed by atoms with Gasteiger partial charge in [-0.15, -0.1) is 0 Å². The van der Waals surface area contributed by atoms with E-state index in [9.17, 15) is 21.6 Å². The lowest BCUT2D eigenvalue weighted by Crippen LogP contribution is -2.09. The van der Waals surface area contributed by atoms with Gasteiger partial charge < -0.3 is 0 Å². The number of rotatable bonds is 1. The van der Waals surface area contributed by atoms with Crippen LogP contribution in [0.15, 0.2) is 17.0 Å². The third kappa shape index (κ3) is 2.68. The topological polar surface area (TPSA) is 34.1 Å². The highest BCUT2D eigenvalue weighted by molar-refractivity contribution is 7.90. The molecule has 0 spiro atoms. The Labute approximate surface area is 96.0 Å². The van der Waals surface area contributed by atoms with Crippen LogP contribution in [0.25, 0.3) is 0 Å². The fourth-order valence-corrected chi connectivity index (χ4v) is 2.48. The Balaban J connectivity index is 3.59. The monoisotopic (exact) mass is 272 g/mol. The smallest absolute Gasteiger partial charge is 0.224 e. The van der Waals surface area contributed by atoms with Gasteiger partial charge in [0.1, 0.15) is 0 Å². The molecule has 0 amide bonds. The lowest BCUT2D eigenvalue weighted by atomic mass is 10.1.